The van der Waals surface area contributed by atoms with Gasteiger partial charge in [-0.1, -0.05) is 0 Å². The van der Waals surface area contributed by atoms with Gasteiger partial charge in [0.05, 0.1) is 13.2 Å². The minimum Gasteiger partial charge on any atom is -0.489 e. The molecule has 0 spiro atoms. The van der Waals surface area contributed by atoms with Crippen LogP contribution in [0.3, 0.4) is 0 Å². The molecule has 0 amide bonds. The highest BCUT2D eigenvalue weighted by molar-refractivity contribution is 5.40. The monoisotopic (exact) mass is 204 g/mol. The summed E-state index contributed by atoms with van der Waals surface area (Å²) in [5.41, 5.74) is 0.490. The molecule has 1 aliphatic rings. The fourth-order valence-electron chi connectivity index (χ4n) is 1.54. The molecule has 1 aromatic rings. The van der Waals surface area contributed by atoms with Gasteiger partial charge in [-0.05, 0) is 6.07 Å². The van der Waals surface area contributed by atoms with Crippen LogP contribution < -0.4 is 4.74 Å². The van der Waals surface area contributed by atoms with E-state index in [4.69, 9.17) is 14.7 Å². The Morgan fingerprint density at radius 2 is 2.27 bits per heavy atom. The molecule has 0 unspecified atom stereocenters. The van der Waals surface area contributed by atoms with E-state index in [0.717, 1.165) is 26.1 Å². The van der Waals surface area contributed by atoms with Crippen LogP contribution in [0.15, 0.2) is 18.5 Å². The van der Waals surface area contributed by atoms with Gasteiger partial charge < -0.3 is 9.47 Å². The fourth-order valence-corrected chi connectivity index (χ4v) is 1.54. The maximum Gasteiger partial charge on any atom is 0.140 e. The van der Waals surface area contributed by atoms with Crippen LogP contribution in [0.25, 0.3) is 0 Å². The van der Waals surface area contributed by atoms with Crippen LogP contribution in [0.1, 0.15) is 18.4 Å². The van der Waals surface area contributed by atoms with E-state index in [1.165, 1.54) is 6.20 Å². The normalized spacial score (nSPS) is 17.0. The van der Waals surface area contributed by atoms with Gasteiger partial charge in [-0.15, -0.1) is 0 Å². The number of nitriles is 1. The maximum absolute atomic E-state index is 8.85. The molecule has 1 aliphatic heterocycles. The third-order valence-corrected chi connectivity index (χ3v) is 2.36. The highest BCUT2D eigenvalue weighted by Crippen LogP contribution is 2.20. The van der Waals surface area contributed by atoms with Crippen molar-refractivity contribution in [3.8, 4) is 11.8 Å². The number of hydrogen-bond donors (Lipinski definition) is 0. The van der Waals surface area contributed by atoms with Crippen LogP contribution in [0.5, 0.6) is 5.75 Å². The highest BCUT2D eigenvalue weighted by Gasteiger charge is 2.16. The Morgan fingerprint density at radius 1 is 1.47 bits per heavy atom. The van der Waals surface area contributed by atoms with E-state index < -0.39 is 0 Å². The third kappa shape index (κ3) is 2.45. The molecule has 0 bridgehead atoms. The summed E-state index contributed by atoms with van der Waals surface area (Å²) in [6, 6.07) is 3.80. The molecule has 15 heavy (non-hydrogen) atoms. The molecule has 1 fully saturated rings. The quantitative estimate of drug-likeness (QED) is 0.732. The second-order valence-corrected chi connectivity index (χ2v) is 3.41. The van der Waals surface area contributed by atoms with E-state index in [1.54, 1.807) is 12.3 Å². The largest absolute Gasteiger partial charge is 0.489 e. The minimum absolute atomic E-state index is 0.160. The molecule has 0 aromatic carbocycles. The molecule has 0 radical (unpaired) electrons. The minimum atomic E-state index is 0.160. The zero-order valence-corrected chi connectivity index (χ0v) is 8.35. The standard InChI is InChI=1S/C11H12N2O2/c12-7-9-8-13-4-1-11(9)15-10-2-5-14-6-3-10/h1,4,8,10H,2-3,5-6H2. The van der Waals surface area contributed by atoms with Crippen LogP contribution in [0.2, 0.25) is 0 Å². The summed E-state index contributed by atoms with van der Waals surface area (Å²) in [7, 11) is 0. The molecular weight excluding hydrogens is 192 g/mol. The summed E-state index contributed by atoms with van der Waals surface area (Å²) >= 11 is 0. The van der Waals surface area contributed by atoms with Gasteiger partial charge in [-0.3, -0.25) is 4.98 Å². The Morgan fingerprint density at radius 3 is 3.00 bits per heavy atom. The van der Waals surface area contributed by atoms with Gasteiger partial charge in [0.25, 0.3) is 0 Å². The molecule has 1 saturated heterocycles. The molecule has 78 valence electrons. The second kappa shape index (κ2) is 4.76. The smallest absolute Gasteiger partial charge is 0.140 e. The summed E-state index contributed by atoms with van der Waals surface area (Å²) in [5.74, 6) is 0.624. The SMILES string of the molecule is N#Cc1cnccc1OC1CCOCC1. The van der Waals surface area contributed by atoms with Crippen LogP contribution in [-0.4, -0.2) is 24.3 Å². The summed E-state index contributed by atoms with van der Waals surface area (Å²) in [6.45, 7) is 1.47. The number of nitrogens with zero attached hydrogens (tertiary/aromatic N) is 2. The van der Waals surface area contributed by atoms with Crippen molar-refractivity contribution >= 4 is 0 Å². The molecule has 0 saturated carbocycles. The molecular formula is C11H12N2O2. The first-order valence-electron chi connectivity index (χ1n) is 4.98. The molecule has 2 heterocycles. The summed E-state index contributed by atoms with van der Waals surface area (Å²) in [5, 5.41) is 8.85. The predicted octanol–water partition coefficient (Wildman–Crippen LogP) is 1.51. The van der Waals surface area contributed by atoms with E-state index >= 15 is 0 Å². The second-order valence-electron chi connectivity index (χ2n) is 3.41. The molecule has 4 heteroatoms. The molecule has 0 aliphatic carbocycles. The predicted molar refractivity (Wildman–Crippen MR) is 53.4 cm³/mol. The van der Waals surface area contributed by atoms with Crippen LogP contribution in [0.4, 0.5) is 0 Å². The highest BCUT2D eigenvalue weighted by atomic mass is 16.5. The zero-order valence-electron chi connectivity index (χ0n) is 8.35. The van der Waals surface area contributed by atoms with Crippen molar-refractivity contribution in [2.24, 2.45) is 0 Å². The van der Waals surface area contributed by atoms with Crippen LogP contribution in [-0.2, 0) is 4.74 Å². The van der Waals surface area contributed by atoms with Gasteiger partial charge in [-0.25, -0.2) is 0 Å². The van der Waals surface area contributed by atoms with E-state index in [9.17, 15) is 0 Å². The Bertz CT molecular complexity index is 367. The first kappa shape index (κ1) is 9.94. The maximum atomic E-state index is 8.85. The number of hydrogen-bond acceptors (Lipinski definition) is 4. The van der Waals surface area contributed by atoms with Crippen molar-refractivity contribution in [2.75, 3.05) is 13.2 Å². The Balaban J connectivity index is 2.06. The molecule has 0 N–H and O–H groups in total. The zero-order chi connectivity index (χ0) is 10.5. The van der Waals surface area contributed by atoms with Gasteiger partial charge in [0, 0.05) is 25.2 Å². The van der Waals surface area contributed by atoms with Gasteiger partial charge >= 0.3 is 0 Å². The average Bonchev–Trinajstić information content (AvgIpc) is 2.31. The summed E-state index contributed by atoms with van der Waals surface area (Å²) in [6.07, 6.45) is 5.08. The Kier molecular flexibility index (Phi) is 3.15. The van der Waals surface area contributed by atoms with Crippen molar-refractivity contribution in [3.05, 3.63) is 24.0 Å². The number of pyridine rings is 1. The van der Waals surface area contributed by atoms with Gasteiger partial charge in [0.2, 0.25) is 0 Å². The van der Waals surface area contributed by atoms with Gasteiger partial charge in [0.15, 0.2) is 0 Å². The van der Waals surface area contributed by atoms with E-state index in [-0.39, 0.29) is 6.10 Å². The molecule has 4 nitrogen and oxygen atoms in total. The molecule has 1 aromatic heterocycles. The Labute approximate surface area is 88.5 Å². The van der Waals surface area contributed by atoms with Crippen molar-refractivity contribution in [3.63, 3.8) is 0 Å². The average molecular weight is 204 g/mol. The van der Waals surface area contributed by atoms with Crippen molar-refractivity contribution < 1.29 is 9.47 Å². The number of aromatic nitrogens is 1. The first-order valence-corrected chi connectivity index (χ1v) is 4.98. The third-order valence-electron chi connectivity index (χ3n) is 2.36. The number of rotatable bonds is 2. The van der Waals surface area contributed by atoms with Gasteiger partial charge in [0.1, 0.15) is 23.5 Å². The van der Waals surface area contributed by atoms with Crippen molar-refractivity contribution in [1.29, 1.82) is 5.26 Å². The van der Waals surface area contributed by atoms with Gasteiger partial charge in [-0.2, -0.15) is 5.26 Å². The van der Waals surface area contributed by atoms with Crippen LogP contribution in [0, 0.1) is 11.3 Å². The lowest BCUT2D eigenvalue weighted by Crippen LogP contribution is -2.26. The lowest BCUT2D eigenvalue weighted by Gasteiger charge is -2.23. The Hall–Kier alpha value is -1.60. The van der Waals surface area contributed by atoms with E-state index in [0.29, 0.717) is 11.3 Å². The summed E-state index contributed by atoms with van der Waals surface area (Å²) in [4.78, 5) is 3.88. The fraction of sp³-hybridized carbons (Fsp3) is 0.455. The molecule has 2 rings (SSSR count). The van der Waals surface area contributed by atoms with Crippen molar-refractivity contribution in [2.45, 2.75) is 18.9 Å². The lowest BCUT2D eigenvalue weighted by atomic mass is 10.1. The van der Waals surface area contributed by atoms with Crippen molar-refractivity contribution in [1.82, 2.24) is 4.98 Å². The van der Waals surface area contributed by atoms with E-state index in [1.807, 2.05) is 0 Å². The number of ether oxygens (including phenoxy) is 2. The van der Waals surface area contributed by atoms with E-state index in [2.05, 4.69) is 11.1 Å². The lowest BCUT2D eigenvalue weighted by molar-refractivity contribution is 0.0254. The topological polar surface area (TPSA) is 55.1 Å². The first-order chi connectivity index (χ1) is 7.40. The van der Waals surface area contributed by atoms with Crippen LogP contribution >= 0.6 is 0 Å². The molecule has 0 atom stereocenters. The summed E-state index contributed by atoms with van der Waals surface area (Å²) < 4.78 is 11.0.